The lowest BCUT2D eigenvalue weighted by molar-refractivity contribution is -0.140. The lowest BCUT2D eigenvalue weighted by Gasteiger charge is -2.38. The summed E-state index contributed by atoms with van der Waals surface area (Å²) in [5.74, 6) is 0.263. The maximum atomic E-state index is 13.0. The van der Waals surface area contributed by atoms with Gasteiger partial charge in [0.2, 0.25) is 11.8 Å². The van der Waals surface area contributed by atoms with Gasteiger partial charge >= 0.3 is 6.18 Å². The average Bonchev–Trinajstić information content (AvgIpc) is 3.07. The Labute approximate surface area is 184 Å². The van der Waals surface area contributed by atoms with Gasteiger partial charge in [-0.05, 0) is 35.9 Å². The number of rotatable bonds is 5. The molecule has 2 aliphatic heterocycles. The lowest BCUT2D eigenvalue weighted by atomic mass is 10.1. The van der Waals surface area contributed by atoms with Gasteiger partial charge in [0.05, 0.1) is 31.7 Å². The number of imide groups is 1. The Kier molecular flexibility index (Phi) is 6.10. The molecule has 0 bridgehead atoms. The molecule has 2 aromatic rings. The van der Waals surface area contributed by atoms with Crippen molar-refractivity contribution in [2.45, 2.75) is 25.2 Å². The number of carbonyl (C=O) groups excluding carboxylic acids is 2. The highest BCUT2D eigenvalue weighted by Gasteiger charge is 2.42. The van der Waals surface area contributed by atoms with Crippen molar-refractivity contribution in [3.63, 3.8) is 0 Å². The highest BCUT2D eigenvalue weighted by Crippen LogP contribution is 2.32. The molecule has 2 heterocycles. The molecule has 4 rings (SSSR count). The molecular formula is C23H24F3N3O3. The number of amides is 2. The van der Waals surface area contributed by atoms with Crippen LogP contribution in [-0.2, 0) is 22.3 Å². The minimum Gasteiger partial charge on any atom is -0.497 e. The van der Waals surface area contributed by atoms with Crippen molar-refractivity contribution < 1.29 is 27.5 Å². The Hall–Kier alpha value is -3.07. The number of carbonyl (C=O) groups is 2. The van der Waals surface area contributed by atoms with Gasteiger partial charge in [-0.25, -0.2) is 0 Å². The van der Waals surface area contributed by atoms with Crippen molar-refractivity contribution in [2.75, 3.05) is 38.2 Å². The van der Waals surface area contributed by atoms with E-state index in [-0.39, 0.29) is 24.8 Å². The zero-order chi connectivity index (χ0) is 22.9. The van der Waals surface area contributed by atoms with Gasteiger partial charge in [-0.15, -0.1) is 0 Å². The number of hydrogen-bond donors (Lipinski definition) is 0. The Bertz CT molecular complexity index is 986. The van der Waals surface area contributed by atoms with E-state index in [2.05, 4.69) is 0 Å². The van der Waals surface area contributed by atoms with Crippen LogP contribution in [0.2, 0.25) is 0 Å². The summed E-state index contributed by atoms with van der Waals surface area (Å²) in [4.78, 5) is 30.6. The van der Waals surface area contributed by atoms with Gasteiger partial charge in [-0.2, -0.15) is 13.2 Å². The van der Waals surface area contributed by atoms with Crippen LogP contribution >= 0.6 is 0 Å². The molecule has 0 radical (unpaired) electrons. The van der Waals surface area contributed by atoms with Crippen molar-refractivity contribution >= 4 is 17.5 Å². The zero-order valence-electron chi connectivity index (χ0n) is 17.6. The fourth-order valence-electron chi connectivity index (χ4n) is 4.20. The fraction of sp³-hybridized carbons (Fsp3) is 0.391. The number of nitrogens with zero attached hydrogens (tertiary/aromatic N) is 3. The smallest absolute Gasteiger partial charge is 0.416 e. The standard InChI is InChI=1S/C23H24F3N3O3/c1-32-19-7-5-16(6-8-19)15-29-21(30)14-20(22(29)31)28-11-9-27(10-12-28)18-4-2-3-17(13-18)23(24,25)26/h2-8,13,20H,9-12,14-15H2,1H3/t20-/m1/s1. The van der Waals surface area contributed by atoms with E-state index in [0.717, 1.165) is 17.7 Å². The van der Waals surface area contributed by atoms with E-state index in [4.69, 9.17) is 4.74 Å². The first-order valence-corrected chi connectivity index (χ1v) is 10.4. The van der Waals surface area contributed by atoms with Gasteiger partial charge in [-0.1, -0.05) is 18.2 Å². The first kappa shape index (κ1) is 22.1. The van der Waals surface area contributed by atoms with E-state index in [0.29, 0.717) is 37.6 Å². The predicted octanol–water partition coefficient (Wildman–Crippen LogP) is 3.16. The summed E-state index contributed by atoms with van der Waals surface area (Å²) in [6.45, 7) is 2.17. The van der Waals surface area contributed by atoms with Crippen LogP contribution in [0.25, 0.3) is 0 Å². The molecule has 0 N–H and O–H groups in total. The van der Waals surface area contributed by atoms with Crippen LogP contribution in [0.15, 0.2) is 48.5 Å². The maximum Gasteiger partial charge on any atom is 0.416 e. The minimum atomic E-state index is -4.39. The first-order chi connectivity index (χ1) is 15.3. The van der Waals surface area contributed by atoms with Crippen LogP contribution in [0.4, 0.5) is 18.9 Å². The van der Waals surface area contributed by atoms with E-state index in [9.17, 15) is 22.8 Å². The summed E-state index contributed by atoms with van der Waals surface area (Å²) in [5, 5.41) is 0. The third kappa shape index (κ3) is 4.57. The topological polar surface area (TPSA) is 53.1 Å². The highest BCUT2D eigenvalue weighted by molar-refractivity contribution is 6.05. The summed E-state index contributed by atoms with van der Waals surface area (Å²) in [7, 11) is 1.57. The quantitative estimate of drug-likeness (QED) is 0.660. The normalized spacial score (nSPS) is 20.2. The molecule has 0 spiro atoms. The van der Waals surface area contributed by atoms with Crippen LogP contribution in [0.3, 0.4) is 0 Å². The molecule has 0 saturated carbocycles. The van der Waals surface area contributed by atoms with Gasteiger partial charge in [0.1, 0.15) is 5.75 Å². The summed E-state index contributed by atoms with van der Waals surface area (Å²) in [6, 6.07) is 11.9. The molecule has 0 aliphatic carbocycles. The highest BCUT2D eigenvalue weighted by atomic mass is 19.4. The molecule has 0 unspecified atom stereocenters. The first-order valence-electron chi connectivity index (χ1n) is 10.4. The number of piperazine rings is 1. The fourth-order valence-corrected chi connectivity index (χ4v) is 4.20. The molecule has 2 aromatic carbocycles. The lowest BCUT2D eigenvalue weighted by Crippen LogP contribution is -2.52. The summed E-state index contributed by atoms with van der Waals surface area (Å²) >= 11 is 0. The third-order valence-electron chi connectivity index (χ3n) is 6.01. The van der Waals surface area contributed by atoms with Crippen LogP contribution in [0.5, 0.6) is 5.75 Å². The van der Waals surface area contributed by atoms with Crippen LogP contribution in [0.1, 0.15) is 17.5 Å². The van der Waals surface area contributed by atoms with Crippen LogP contribution in [0, 0.1) is 0 Å². The summed E-state index contributed by atoms with van der Waals surface area (Å²) in [6.07, 6.45) is -4.26. The molecule has 9 heteroatoms. The number of halogens is 3. The van der Waals surface area contributed by atoms with Gasteiger partial charge in [0, 0.05) is 31.9 Å². The molecule has 170 valence electrons. The number of alkyl halides is 3. The van der Waals surface area contributed by atoms with Crippen molar-refractivity contribution in [2.24, 2.45) is 0 Å². The average molecular weight is 447 g/mol. The Balaban J connectivity index is 1.37. The molecular weight excluding hydrogens is 423 g/mol. The molecule has 2 fully saturated rings. The summed E-state index contributed by atoms with van der Waals surface area (Å²) in [5.41, 5.74) is 0.667. The molecule has 0 aromatic heterocycles. The van der Waals surface area contributed by atoms with Gasteiger partial charge in [0.15, 0.2) is 0 Å². The van der Waals surface area contributed by atoms with Crippen molar-refractivity contribution in [3.8, 4) is 5.75 Å². The monoisotopic (exact) mass is 447 g/mol. The maximum absolute atomic E-state index is 13.0. The van der Waals surface area contributed by atoms with E-state index in [1.165, 1.54) is 11.0 Å². The molecule has 2 amide bonds. The Morgan fingerprint density at radius 1 is 1.00 bits per heavy atom. The molecule has 6 nitrogen and oxygen atoms in total. The van der Waals surface area contributed by atoms with Gasteiger partial charge in [-0.3, -0.25) is 19.4 Å². The van der Waals surface area contributed by atoms with Crippen molar-refractivity contribution in [1.82, 2.24) is 9.80 Å². The Morgan fingerprint density at radius 3 is 2.31 bits per heavy atom. The number of methoxy groups -OCH3 is 1. The SMILES string of the molecule is COc1ccc(CN2C(=O)C[C@@H](N3CCN(c4cccc(C(F)(F)F)c4)CC3)C2=O)cc1. The molecule has 2 aliphatic rings. The second-order valence-corrected chi connectivity index (χ2v) is 7.96. The third-order valence-corrected chi connectivity index (χ3v) is 6.01. The molecule has 2 saturated heterocycles. The minimum absolute atomic E-state index is 0.124. The predicted molar refractivity (Wildman–Crippen MR) is 112 cm³/mol. The van der Waals surface area contributed by atoms with Crippen molar-refractivity contribution in [1.29, 1.82) is 0 Å². The number of ether oxygens (including phenoxy) is 1. The van der Waals surface area contributed by atoms with E-state index >= 15 is 0 Å². The number of hydrogen-bond acceptors (Lipinski definition) is 5. The van der Waals surface area contributed by atoms with E-state index in [1.807, 2.05) is 21.9 Å². The van der Waals surface area contributed by atoms with Crippen LogP contribution < -0.4 is 9.64 Å². The molecule has 32 heavy (non-hydrogen) atoms. The van der Waals surface area contributed by atoms with E-state index in [1.54, 1.807) is 25.3 Å². The van der Waals surface area contributed by atoms with E-state index < -0.39 is 17.8 Å². The second kappa shape index (κ2) is 8.82. The summed E-state index contributed by atoms with van der Waals surface area (Å²) < 4.78 is 44.1. The van der Waals surface area contributed by atoms with Gasteiger partial charge < -0.3 is 9.64 Å². The van der Waals surface area contributed by atoms with Gasteiger partial charge in [0.25, 0.3) is 0 Å². The largest absolute Gasteiger partial charge is 0.497 e. The second-order valence-electron chi connectivity index (χ2n) is 7.96. The molecule has 1 atom stereocenters. The van der Waals surface area contributed by atoms with Crippen molar-refractivity contribution in [3.05, 3.63) is 59.7 Å². The number of anilines is 1. The van der Waals surface area contributed by atoms with Crippen LogP contribution in [-0.4, -0.2) is 60.9 Å². The number of benzene rings is 2. The zero-order valence-corrected chi connectivity index (χ0v) is 17.6. The number of likely N-dealkylation sites (tertiary alicyclic amines) is 1. The Morgan fingerprint density at radius 2 is 1.69 bits per heavy atom.